The van der Waals surface area contributed by atoms with Gasteiger partial charge in [-0.05, 0) is 27.2 Å². The third-order valence-electron chi connectivity index (χ3n) is 2.11. The van der Waals surface area contributed by atoms with Crippen molar-refractivity contribution in [1.29, 1.82) is 0 Å². The van der Waals surface area contributed by atoms with Crippen molar-refractivity contribution in [1.82, 2.24) is 0 Å². The van der Waals surface area contributed by atoms with Gasteiger partial charge >= 0.3 is 5.97 Å². The minimum atomic E-state index is -0.812. The van der Waals surface area contributed by atoms with Crippen LogP contribution < -0.4 is 0 Å². The van der Waals surface area contributed by atoms with Crippen LogP contribution in [0.5, 0.6) is 0 Å². The first-order valence-corrected chi connectivity index (χ1v) is 4.87. The van der Waals surface area contributed by atoms with Gasteiger partial charge in [0.25, 0.3) is 0 Å². The number of rotatable bonds is 6. The van der Waals surface area contributed by atoms with Gasteiger partial charge < -0.3 is 14.6 Å². The van der Waals surface area contributed by atoms with Gasteiger partial charge in [0.2, 0.25) is 0 Å². The van der Waals surface area contributed by atoms with Crippen LogP contribution in [0.15, 0.2) is 0 Å². The van der Waals surface area contributed by atoms with Crippen LogP contribution in [0, 0.1) is 5.41 Å². The summed E-state index contributed by atoms with van der Waals surface area (Å²) in [5.74, 6) is -0.228. The van der Waals surface area contributed by atoms with E-state index in [9.17, 15) is 4.79 Å². The Morgan fingerprint density at radius 2 is 2.00 bits per heavy atom. The monoisotopic (exact) mass is 204 g/mol. The lowest BCUT2D eigenvalue weighted by Crippen LogP contribution is -2.27. The SMILES string of the molecule is CCC(C)(C)C(=O)OCCOC(C)O. The second-order valence-corrected chi connectivity index (χ2v) is 3.84. The van der Waals surface area contributed by atoms with Crippen LogP contribution in [0.4, 0.5) is 0 Å². The molecule has 0 radical (unpaired) electrons. The number of aliphatic hydroxyl groups excluding tert-OH is 1. The lowest BCUT2D eigenvalue weighted by atomic mass is 9.91. The van der Waals surface area contributed by atoms with Gasteiger partial charge in [0.1, 0.15) is 6.61 Å². The minimum Gasteiger partial charge on any atom is -0.463 e. The highest BCUT2D eigenvalue weighted by Crippen LogP contribution is 2.21. The van der Waals surface area contributed by atoms with Crippen molar-refractivity contribution < 1.29 is 19.4 Å². The molecule has 0 fully saturated rings. The van der Waals surface area contributed by atoms with Crippen molar-refractivity contribution in [3.05, 3.63) is 0 Å². The van der Waals surface area contributed by atoms with Crippen LogP contribution in [-0.4, -0.2) is 30.6 Å². The molecule has 14 heavy (non-hydrogen) atoms. The van der Waals surface area contributed by atoms with E-state index in [2.05, 4.69) is 0 Å². The molecule has 0 saturated carbocycles. The summed E-state index contributed by atoms with van der Waals surface area (Å²) in [6.45, 7) is 7.54. The van der Waals surface area contributed by atoms with E-state index < -0.39 is 11.7 Å². The molecular weight excluding hydrogens is 184 g/mol. The van der Waals surface area contributed by atoms with Gasteiger partial charge in [-0.15, -0.1) is 0 Å². The Hall–Kier alpha value is -0.610. The van der Waals surface area contributed by atoms with Gasteiger partial charge in [-0.2, -0.15) is 0 Å². The highest BCUT2D eigenvalue weighted by atomic mass is 16.6. The Balaban J connectivity index is 3.64. The molecule has 0 amide bonds. The molecule has 0 spiro atoms. The van der Waals surface area contributed by atoms with E-state index in [1.165, 1.54) is 6.92 Å². The summed E-state index contributed by atoms with van der Waals surface area (Å²) < 4.78 is 9.79. The Morgan fingerprint density at radius 3 is 2.43 bits per heavy atom. The first-order chi connectivity index (χ1) is 6.40. The predicted molar refractivity (Wildman–Crippen MR) is 52.7 cm³/mol. The Bertz CT molecular complexity index is 175. The molecule has 0 heterocycles. The highest BCUT2D eigenvalue weighted by Gasteiger charge is 2.26. The molecule has 1 unspecified atom stereocenters. The molecule has 0 aromatic rings. The van der Waals surface area contributed by atoms with E-state index in [0.717, 1.165) is 6.42 Å². The molecule has 0 aliphatic rings. The molecule has 1 N–H and O–H groups in total. The molecular formula is C10H20O4. The number of carbonyl (C=O) groups excluding carboxylic acids is 1. The summed E-state index contributed by atoms with van der Waals surface area (Å²) in [5.41, 5.74) is -0.440. The first kappa shape index (κ1) is 13.4. The zero-order chi connectivity index (χ0) is 11.2. The van der Waals surface area contributed by atoms with Crippen LogP contribution in [0.25, 0.3) is 0 Å². The van der Waals surface area contributed by atoms with Crippen molar-refractivity contribution in [2.24, 2.45) is 5.41 Å². The maximum Gasteiger partial charge on any atom is 0.311 e. The van der Waals surface area contributed by atoms with Gasteiger partial charge in [0, 0.05) is 0 Å². The zero-order valence-corrected chi connectivity index (χ0v) is 9.37. The third-order valence-corrected chi connectivity index (χ3v) is 2.11. The smallest absolute Gasteiger partial charge is 0.311 e. The quantitative estimate of drug-likeness (QED) is 0.403. The van der Waals surface area contributed by atoms with Crippen LogP contribution >= 0.6 is 0 Å². The second kappa shape index (κ2) is 5.98. The first-order valence-electron chi connectivity index (χ1n) is 4.87. The standard InChI is InChI=1S/C10H20O4/c1-5-10(3,4)9(12)14-7-6-13-8(2)11/h8,11H,5-7H2,1-4H3. The number of ether oxygens (including phenoxy) is 2. The van der Waals surface area contributed by atoms with E-state index >= 15 is 0 Å². The highest BCUT2D eigenvalue weighted by molar-refractivity contribution is 5.75. The maximum absolute atomic E-state index is 11.4. The van der Waals surface area contributed by atoms with E-state index in [-0.39, 0.29) is 19.2 Å². The molecule has 4 nitrogen and oxygen atoms in total. The molecule has 0 aliphatic heterocycles. The molecule has 0 aliphatic carbocycles. The summed E-state index contributed by atoms with van der Waals surface area (Å²) in [5, 5.41) is 8.76. The second-order valence-electron chi connectivity index (χ2n) is 3.84. The zero-order valence-electron chi connectivity index (χ0n) is 9.37. The topological polar surface area (TPSA) is 55.8 Å². The van der Waals surface area contributed by atoms with Crippen molar-refractivity contribution in [2.75, 3.05) is 13.2 Å². The normalized spacial score (nSPS) is 13.8. The van der Waals surface area contributed by atoms with Crippen molar-refractivity contribution in [2.45, 2.75) is 40.4 Å². The molecule has 0 aromatic carbocycles. The maximum atomic E-state index is 11.4. The summed E-state index contributed by atoms with van der Waals surface area (Å²) in [7, 11) is 0. The summed E-state index contributed by atoms with van der Waals surface area (Å²) in [4.78, 5) is 11.4. The summed E-state index contributed by atoms with van der Waals surface area (Å²) >= 11 is 0. The Labute approximate surface area is 85.2 Å². The van der Waals surface area contributed by atoms with E-state index in [1.807, 2.05) is 20.8 Å². The van der Waals surface area contributed by atoms with Gasteiger partial charge in [-0.25, -0.2) is 0 Å². The number of hydrogen-bond donors (Lipinski definition) is 1. The number of carbonyl (C=O) groups is 1. The minimum absolute atomic E-state index is 0.188. The summed E-state index contributed by atoms with van der Waals surface area (Å²) in [6.07, 6.45) is -0.0730. The number of aliphatic hydroxyl groups is 1. The molecule has 4 heteroatoms. The van der Waals surface area contributed by atoms with Crippen LogP contribution in [0.2, 0.25) is 0 Å². The van der Waals surface area contributed by atoms with Crippen molar-refractivity contribution >= 4 is 5.97 Å². The average Bonchev–Trinajstić information content (AvgIpc) is 2.11. The lowest BCUT2D eigenvalue weighted by molar-refractivity contribution is -0.159. The van der Waals surface area contributed by atoms with E-state index in [0.29, 0.717) is 0 Å². The Morgan fingerprint density at radius 1 is 1.43 bits per heavy atom. The fourth-order valence-electron chi connectivity index (χ4n) is 0.693. The molecule has 0 rings (SSSR count). The molecule has 0 aromatic heterocycles. The molecule has 0 bridgehead atoms. The van der Waals surface area contributed by atoms with E-state index in [4.69, 9.17) is 14.6 Å². The molecule has 0 saturated heterocycles. The van der Waals surface area contributed by atoms with Gasteiger partial charge in [-0.3, -0.25) is 4.79 Å². The molecule has 84 valence electrons. The average molecular weight is 204 g/mol. The fourth-order valence-corrected chi connectivity index (χ4v) is 0.693. The van der Waals surface area contributed by atoms with Gasteiger partial charge in [0.05, 0.1) is 12.0 Å². The van der Waals surface area contributed by atoms with E-state index in [1.54, 1.807) is 0 Å². The number of esters is 1. The number of hydrogen-bond acceptors (Lipinski definition) is 4. The van der Waals surface area contributed by atoms with Crippen LogP contribution in [0.3, 0.4) is 0 Å². The molecule has 1 atom stereocenters. The lowest BCUT2D eigenvalue weighted by Gasteiger charge is -2.20. The predicted octanol–water partition coefficient (Wildman–Crippen LogP) is 1.32. The van der Waals surface area contributed by atoms with Crippen LogP contribution in [0.1, 0.15) is 34.1 Å². The van der Waals surface area contributed by atoms with Crippen LogP contribution in [-0.2, 0) is 14.3 Å². The van der Waals surface area contributed by atoms with Gasteiger partial charge in [0.15, 0.2) is 6.29 Å². The third kappa shape index (κ3) is 5.19. The van der Waals surface area contributed by atoms with Crippen molar-refractivity contribution in [3.8, 4) is 0 Å². The summed E-state index contributed by atoms with van der Waals surface area (Å²) in [6, 6.07) is 0. The van der Waals surface area contributed by atoms with Gasteiger partial charge in [-0.1, -0.05) is 6.92 Å². The van der Waals surface area contributed by atoms with Crippen molar-refractivity contribution in [3.63, 3.8) is 0 Å². The fraction of sp³-hybridized carbons (Fsp3) is 0.900. The largest absolute Gasteiger partial charge is 0.463 e. The Kier molecular flexibility index (Phi) is 5.72.